The second-order valence-corrected chi connectivity index (χ2v) is 3.94. The molecule has 1 N–H and O–H groups in total. The smallest absolute Gasteiger partial charge is 0.158 e. The molecule has 0 unspecified atom stereocenters. The van der Waals surface area contributed by atoms with E-state index in [2.05, 4.69) is 0 Å². The number of phenols is 1. The van der Waals surface area contributed by atoms with Crippen molar-refractivity contribution in [2.24, 2.45) is 5.92 Å². The van der Waals surface area contributed by atoms with Gasteiger partial charge in [0.25, 0.3) is 0 Å². The molecule has 0 spiro atoms. The number of hydrogen-bond donors (Lipinski definition) is 1. The number of carbonyl (C=O) groups is 1. The predicted octanol–water partition coefficient (Wildman–Crippen LogP) is 2.94. The van der Waals surface area contributed by atoms with Gasteiger partial charge >= 0.3 is 0 Å². The number of ketones is 1. The van der Waals surface area contributed by atoms with Crippen LogP contribution in [0.2, 0.25) is 0 Å². The Morgan fingerprint density at radius 1 is 1.40 bits per heavy atom. The Balaban J connectivity index is 2.81. The van der Waals surface area contributed by atoms with Crippen LogP contribution in [0.25, 0.3) is 6.08 Å². The van der Waals surface area contributed by atoms with E-state index in [-0.39, 0.29) is 17.5 Å². The lowest BCUT2D eigenvalue weighted by Crippen LogP contribution is -2.01. The van der Waals surface area contributed by atoms with Gasteiger partial charge in [0.15, 0.2) is 5.78 Å². The van der Waals surface area contributed by atoms with Crippen molar-refractivity contribution in [3.63, 3.8) is 0 Å². The predicted molar refractivity (Wildman–Crippen MR) is 61.7 cm³/mol. The highest BCUT2D eigenvalue weighted by Gasteiger charge is 2.02. The molecular formula is C13H16O2. The molecule has 0 aromatic heterocycles. The van der Waals surface area contributed by atoms with Gasteiger partial charge in [-0.2, -0.15) is 0 Å². The van der Waals surface area contributed by atoms with Crippen LogP contribution < -0.4 is 0 Å². The van der Waals surface area contributed by atoms with Crippen LogP contribution >= 0.6 is 0 Å². The van der Waals surface area contributed by atoms with E-state index in [9.17, 15) is 9.90 Å². The molecule has 0 fully saturated rings. The number of benzene rings is 1. The molecule has 0 saturated carbocycles. The average molecular weight is 204 g/mol. The molecule has 0 atom stereocenters. The van der Waals surface area contributed by atoms with E-state index in [0.29, 0.717) is 0 Å². The van der Waals surface area contributed by atoms with Crippen molar-refractivity contribution in [2.75, 3.05) is 0 Å². The fourth-order valence-corrected chi connectivity index (χ4v) is 1.10. The summed E-state index contributed by atoms with van der Waals surface area (Å²) >= 11 is 0. The topological polar surface area (TPSA) is 37.3 Å². The minimum absolute atomic E-state index is 0.0142. The fourth-order valence-electron chi connectivity index (χ4n) is 1.10. The Kier molecular flexibility index (Phi) is 3.67. The fraction of sp³-hybridized carbons (Fsp3) is 0.308. The third kappa shape index (κ3) is 3.24. The molecule has 0 bridgehead atoms. The number of allylic oxidation sites excluding steroid dienone is 1. The van der Waals surface area contributed by atoms with Crippen molar-refractivity contribution in [3.8, 4) is 5.75 Å². The van der Waals surface area contributed by atoms with Crippen LogP contribution in [-0.2, 0) is 4.79 Å². The van der Waals surface area contributed by atoms with Crippen LogP contribution in [0.15, 0.2) is 24.3 Å². The number of rotatable bonds is 3. The van der Waals surface area contributed by atoms with E-state index in [1.165, 1.54) is 0 Å². The average Bonchev–Trinajstić information content (AvgIpc) is 2.19. The van der Waals surface area contributed by atoms with Crippen molar-refractivity contribution in [3.05, 3.63) is 35.4 Å². The van der Waals surface area contributed by atoms with Crippen molar-refractivity contribution in [2.45, 2.75) is 20.8 Å². The van der Waals surface area contributed by atoms with E-state index in [1.54, 1.807) is 18.2 Å². The van der Waals surface area contributed by atoms with Gasteiger partial charge in [0.05, 0.1) is 0 Å². The summed E-state index contributed by atoms with van der Waals surface area (Å²) < 4.78 is 0. The highest BCUT2D eigenvalue weighted by atomic mass is 16.3. The second kappa shape index (κ2) is 4.78. The molecule has 0 heterocycles. The number of hydrogen-bond acceptors (Lipinski definition) is 2. The number of aryl methyl sites for hydroxylation is 1. The Bertz CT molecular complexity index is 390. The summed E-state index contributed by atoms with van der Waals surface area (Å²) in [5, 5.41) is 9.46. The van der Waals surface area contributed by atoms with Gasteiger partial charge in [-0.1, -0.05) is 32.1 Å². The summed E-state index contributed by atoms with van der Waals surface area (Å²) in [4.78, 5) is 11.3. The van der Waals surface area contributed by atoms with Crippen molar-refractivity contribution in [1.82, 2.24) is 0 Å². The minimum Gasteiger partial charge on any atom is -0.508 e. The maximum atomic E-state index is 11.3. The molecule has 0 aliphatic heterocycles. The van der Waals surface area contributed by atoms with Crippen LogP contribution in [0.4, 0.5) is 0 Å². The maximum Gasteiger partial charge on any atom is 0.158 e. The second-order valence-electron chi connectivity index (χ2n) is 3.94. The lowest BCUT2D eigenvalue weighted by Gasteiger charge is -2.00. The first-order valence-corrected chi connectivity index (χ1v) is 5.02. The summed E-state index contributed by atoms with van der Waals surface area (Å²) in [6, 6.07) is 5.35. The monoisotopic (exact) mass is 204 g/mol. The summed E-state index contributed by atoms with van der Waals surface area (Å²) in [6.07, 6.45) is 3.27. The molecule has 0 aliphatic rings. The summed E-state index contributed by atoms with van der Waals surface area (Å²) in [5.74, 6) is 0.365. The van der Waals surface area contributed by atoms with Crippen molar-refractivity contribution < 1.29 is 9.90 Å². The minimum atomic E-state index is 0.0142. The van der Waals surface area contributed by atoms with Gasteiger partial charge in [-0.25, -0.2) is 0 Å². The first-order valence-electron chi connectivity index (χ1n) is 5.02. The first kappa shape index (κ1) is 11.5. The molecule has 1 aromatic carbocycles. The maximum absolute atomic E-state index is 11.3. The van der Waals surface area contributed by atoms with Gasteiger partial charge in [0.2, 0.25) is 0 Å². The van der Waals surface area contributed by atoms with Crippen LogP contribution in [0.5, 0.6) is 5.75 Å². The summed E-state index contributed by atoms with van der Waals surface area (Å²) in [5.41, 5.74) is 1.68. The molecule has 1 aromatic rings. The largest absolute Gasteiger partial charge is 0.508 e. The summed E-state index contributed by atoms with van der Waals surface area (Å²) in [6.45, 7) is 5.56. The zero-order valence-electron chi connectivity index (χ0n) is 9.32. The third-order valence-electron chi connectivity index (χ3n) is 2.24. The first-order chi connectivity index (χ1) is 7.00. The van der Waals surface area contributed by atoms with E-state index in [0.717, 1.165) is 11.1 Å². The zero-order chi connectivity index (χ0) is 11.4. The molecule has 80 valence electrons. The van der Waals surface area contributed by atoms with Gasteiger partial charge in [0, 0.05) is 5.92 Å². The standard InChI is InChI=1S/C13H16O2/c1-9(2)12(14)7-6-11-5-4-10(3)13(15)8-11/h4-9,15H,1-3H3/b7-6+. The Morgan fingerprint density at radius 2 is 2.07 bits per heavy atom. The lowest BCUT2D eigenvalue weighted by molar-refractivity contribution is -0.117. The van der Waals surface area contributed by atoms with Gasteiger partial charge in [-0.15, -0.1) is 0 Å². The SMILES string of the molecule is Cc1ccc(/C=C/C(=O)C(C)C)cc1O. The highest BCUT2D eigenvalue weighted by Crippen LogP contribution is 2.18. The molecule has 0 radical (unpaired) electrons. The van der Waals surface area contributed by atoms with Crippen molar-refractivity contribution >= 4 is 11.9 Å². The molecule has 0 amide bonds. The molecule has 0 saturated heterocycles. The van der Waals surface area contributed by atoms with Gasteiger partial charge < -0.3 is 5.11 Å². The Labute approximate surface area is 90.3 Å². The molecule has 2 nitrogen and oxygen atoms in total. The van der Waals surface area contributed by atoms with Crippen LogP contribution in [0.3, 0.4) is 0 Å². The highest BCUT2D eigenvalue weighted by molar-refractivity contribution is 5.94. The quantitative estimate of drug-likeness (QED) is 0.768. The normalized spacial score (nSPS) is 11.2. The third-order valence-corrected chi connectivity index (χ3v) is 2.24. The number of aromatic hydroxyl groups is 1. The van der Waals surface area contributed by atoms with Crippen LogP contribution in [0.1, 0.15) is 25.0 Å². The Hall–Kier alpha value is -1.57. The van der Waals surface area contributed by atoms with E-state index < -0.39 is 0 Å². The summed E-state index contributed by atoms with van der Waals surface area (Å²) in [7, 11) is 0. The Morgan fingerprint density at radius 3 is 2.60 bits per heavy atom. The van der Waals surface area contributed by atoms with Crippen molar-refractivity contribution in [1.29, 1.82) is 0 Å². The number of carbonyl (C=O) groups excluding carboxylic acids is 1. The lowest BCUT2D eigenvalue weighted by atomic mass is 10.1. The molecule has 0 aliphatic carbocycles. The van der Waals surface area contributed by atoms with Gasteiger partial charge in [-0.05, 0) is 30.2 Å². The molecule has 1 rings (SSSR count). The van der Waals surface area contributed by atoms with Gasteiger partial charge in [-0.3, -0.25) is 4.79 Å². The van der Waals surface area contributed by atoms with Gasteiger partial charge in [0.1, 0.15) is 5.75 Å². The van der Waals surface area contributed by atoms with Crippen LogP contribution in [-0.4, -0.2) is 10.9 Å². The zero-order valence-corrected chi connectivity index (χ0v) is 9.32. The van der Waals surface area contributed by atoms with E-state index in [1.807, 2.05) is 32.9 Å². The molecular weight excluding hydrogens is 188 g/mol. The van der Waals surface area contributed by atoms with Crippen LogP contribution in [0, 0.1) is 12.8 Å². The number of phenolic OH excluding ortho intramolecular Hbond substituents is 1. The van der Waals surface area contributed by atoms with E-state index in [4.69, 9.17) is 0 Å². The van der Waals surface area contributed by atoms with E-state index >= 15 is 0 Å². The molecule has 15 heavy (non-hydrogen) atoms. The molecule has 2 heteroatoms.